The summed E-state index contributed by atoms with van der Waals surface area (Å²) in [6.45, 7) is 9.78. The van der Waals surface area contributed by atoms with Gasteiger partial charge in [-0.2, -0.15) is 0 Å². The highest BCUT2D eigenvalue weighted by molar-refractivity contribution is 5.80. The molecular formula is C23H30O4. The van der Waals surface area contributed by atoms with E-state index in [9.17, 15) is 0 Å². The van der Waals surface area contributed by atoms with E-state index in [-0.39, 0.29) is 0 Å². The zero-order valence-electron chi connectivity index (χ0n) is 16.6. The molecule has 0 fully saturated rings. The summed E-state index contributed by atoms with van der Waals surface area (Å²) >= 11 is 0. The van der Waals surface area contributed by atoms with Crippen LogP contribution in [0.2, 0.25) is 0 Å². The van der Waals surface area contributed by atoms with Crippen LogP contribution in [0.1, 0.15) is 31.9 Å². The van der Waals surface area contributed by atoms with Gasteiger partial charge in [-0.25, -0.2) is 0 Å². The maximum atomic E-state index is 5.68. The van der Waals surface area contributed by atoms with E-state index in [4.69, 9.17) is 18.9 Å². The second kappa shape index (κ2) is 12.2. The average molecular weight is 370 g/mol. The molecule has 0 aromatic heterocycles. The van der Waals surface area contributed by atoms with Crippen LogP contribution in [0.5, 0.6) is 11.5 Å². The van der Waals surface area contributed by atoms with Crippen LogP contribution in [0.15, 0.2) is 54.6 Å². The van der Waals surface area contributed by atoms with Crippen LogP contribution < -0.4 is 9.47 Å². The van der Waals surface area contributed by atoms with Crippen molar-refractivity contribution in [3.63, 3.8) is 0 Å². The fraction of sp³-hybridized carbons (Fsp3) is 0.391. The first kappa shape index (κ1) is 21.0. The molecule has 146 valence electrons. The Hall–Kier alpha value is -2.30. The lowest BCUT2D eigenvalue weighted by Gasteiger charge is -2.11. The summed E-state index contributed by atoms with van der Waals surface area (Å²) in [5.74, 6) is 1.71. The van der Waals surface area contributed by atoms with Crippen LogP contribution in [-0.2, 0) is 9.47 Å². The molecule has 0 saturated heterocycles. The Labute approximate surface area is 162 Å². The molecule has 0 N–H and O–H groups in total. The van der Waals surface area contributed by atoms with E-state index in [1.54, 1.807) is 0 Å². The van der Waals surface area contributed by atoms with Crippen molar-refractivity contribution < 1.29 is 18.9 Å². The van der Waals surface area contributed by atoms with Crippen LogP contribution in [-0.4, -0.2) is 39.6 Å². The minimum absolute atomic E-state index is 0.564. The van der Waals surface area contributed by atoms with Crippen molar-refractivity contribution in [2.24, 2.45) is 0 Å². The van der Waals surface area contributed by atoms with Crippen molar-refractivity contribution in [2.45, 2.75) is 20.8 Å². The maximum Gasteiger partial charge on any atom is 0.119 e. The molecule has 0 unspecified atom stereocenters. The smallest absolute Gasteiger partial charge is 0.119 e. The topological polar surface area (TPSA) is 36.9 Å². The molecule has 0 spiro atoms. The number of allylic oxidation sites excluding steroid dienone is 1. The summed E-state index contributed by atoms with van der Waals surface area (Å²) in [5, 5.41) is 0. The molecule has 2 aromatic carbocycles. The first-order valence-corrected chi connectivity index (χ1v) is 9.56. The molecular weight excluding hydrogens is 340 g/mol. The average Bonchev–Trinajstić information content (AvgIpc) is 2.71. The van der Waals surface area contributed by atoms with E-state index in [1.165, 1.54) is 5.57 Å². The molecule has 27 heavy (non-hydrogen) atoms. The molecule has 2 rings (SSSR count). The van der Waals surface area contributed by atoms with Gasteiger partial charge >= 0.3 is 0 Å². The van der Waals surface area contributed by atoms with Gasteiger partial charge in [0, 0.05) is 13.2 Å². The Morgan fingerprint density at radius 3 is 1.41 bits per heavy atom. The zero-order chi connectivity index (χ0) is 19.3. The van der Waals surface area contributed by atoms with Crippen molar-refractivity contribution in [2.75, 3.05) is 39.6 Å². The summed E-state index contributed by atoms with van der Waals surface area (Å²) < 4.78 is 21.9. The Kier molecular flexibility index (Phi) is 9.45. The van der Waals surface area contributed by atoms with Crippen molar-refractivity contribution in [1.82, 2.24) is 0 Å². The van der Waals surface area contributed by atoms with Gasteiger partial charge < -0.3 is 18.9 Å². The van der Waals surface area contributed by atoms with Gasteiger partial charge in [-0.3, -0.25) is 0 Å². The van der Waals surface area contributed by atoms with Gasteiger partial charge in [0.05, 0.1) is 13.2 Å². The van der Waals surface area contributed by atoms with E-state index >= 15 is 0 Å². The summed E-state index contributed by atoms with van der Waals surface area (Å²) in [5.41, 5.74) is 3.48. The fourth-order valence-corrected chi connectivity index (χ4v) is 2.69. The monoisotopic (exact) mass is 370 g/mol. The van der Waals surface area contributed by atoms with Crippen molar-refractivity contribution in [1.29, 1.82) is 0 Å². The van der Waals surface area contributed by atoms with Gasteiger partial charge in [0.25, 0.3) is 0 Å². The standard InChI is InChI=1S/C23H30O4/c1-4-23(19-7-11-21(12-8-19)26-17-15-24-5-2)20-9-13-22(14-10-20)27-18-16-25-6-3/h4,7-14H,5-6,15-18H2,1-3H3. The first-order chi connectivity index (χ1) is 13.3. The summed E-state index contributed by atoms with van der Waals surface area (Å²) in [4.78, 5) is 0. The zero-order valence-corrected chi connectivity index (χ0v) is 16.6. The van der Waals surface area contributed by atoms with Gasteiger partial charge in [0.2, 0.25) is 0 Å². The van der Waals surface area contributed by atoms with E-state index in [0.29, 0.717) is 39.6 Å². The van der Waals surface area contributed by atoms with Crippen LogP contribution in [0.25, 0.3) is 5.57 Å². The fourth-order valence-electron chi connectivity index (χ4n) is 2.69. The molecule has 0 amide bonds. The number of benzene rings is 2. The molecule has 2 aromatic rings. The first-order valence-electron chi connectivity index (χ1n) is 9.56. The largest absolute Gasteiger partial charge is 0.491 e. The van der Waals surface area contributed by atoms with Crippen LogP contribution in [0, 0.1) is 0 Å². The Balaban J connectivity index is 1.95. The lowest BCUT2D eigenvalue weighted by Crippen LogP contribution is -2.06. The SMILES string of the molecule is CC=C(c1ccc(OCCOCC)cc1)c1ccc(OCCOCC)cc1. The predicted molar refractivity (Wildman–Crippen MR) is 110 cm³/mol. The predicted octanol–water partition coefficient (Wildman–Crippen LogP) is 4.97. The molecule has 0 saturated carbocycles. The molecule has 0 aliphatic carbocycles. The van der Waals surface area contributed by atoms with Crippen LogP contribution in [0.4, 0.5) is 0 Å². The normalized spacial score (nSPS) is 10.5. The molecule has 4 heteroatoms. The van der Waals surface area contributed by atoms with Crippen LogP contribution in [0.3, 0.4) is 0 Å². The lowest BCUT2D eigenvalue weighted by atomic mass is 9.97. The molecule has 4 nitrogen and oxygen atoms in total. The van der Waals surface area contributed by atoms with Gasteiger partial charge in [-0.05, 0) is 61.7 Å². The number of hydrogen-bond donors (Lipinski definition) is 0. The Bertz CT molecular complexity index is 617. The van der Waals surface area contributed by atoms with Gasteiger partial charge in [-0.15, -0.1) is 0 Å². The van der Waals surface area contributed by atoms with Crippen LogP contribution >= 0.6 is 0 Å². The lowest BCUT2D eigenvalue weighted by molar-refractivity contribution is 0.110. The molecule has 0 radical (unpaired) electrons. The van der Waals surface area contributed by atoms with E-state index in [0.717, 1.165) is 22.6 Å². The van der Waals surface area contributed by atoms with Gasteiger partial charge in [0.1, 0.15) is 24.7 Å². The quantitative estimate of drug-likeness (QED) is 0.494. The minimum atomic E-state index is 0.564. The highest BCUT2D eigenvalue weighted by atomic mass is 16.5. The third-order valence-corrected chi connectivity index (χ3v) is 4.02. The number of rotatable bonds is 12. The van der Waals surface area contributed by atoms with Gasteiger partial charge in [-0.1, -0.05) is 30.3 Å². The molecule has 0 aliphatic heterocycles. The van der Waals surface area contributed by atoms with Gasteiger partial charge in [0.15, 0.2) is 0 Å². The summed E-state index contributed by atoms with van der Waals surface area (Å²) in [7, 11) is 0. The van der Waals surface area contributed by atoms with E-state index < -0.39 is 0 Å². The maximum absolute atomic E-state index is 5.68. The highest BCUT2D eigenvalue weighted by Gasteiger charge is 2.05. The second-order valence-corrected chi connectivity index (χ2v) is 5.84. The number of ether oxygens (including phenoxy) is 4. The Morgan fingerprint density at radius 1 is 0.667 bits per heavy atom. The third-order valence-electron chi connectivity index (χ3n) is 4.02. The molecule has 0 aliphatic rings. The molecule has 0 heterocycles. The Morgan fingerprint density at radius 2 is 1.07 bits per heavy atom. The minimum Gasteiger partial charge on any atom is -0.491 e. The highest BCUT2D eigenvalue weighted by Crippen LogP contribution is 2.26. The molecule has 0 bridgehead atoms. The van der Waals surface area contributed by atoms with E-state index in [1.807, 2.05) is 45.0 Å². The summed E-state index contributed by atoms with van der Waals surface area (Å²) in [6.07, 6.45) is 2.12. The molecule has 0 atom stereocenters. The van der Waals surface area contributed by atoms with Crippen molar-refractivity contribution in [3.8, 4) is 11.5 Å². The number of hydrogen-bond acceptors (Lipinski definition) is 4. The van der Waals surface area contributed by atoms with Crippen molar-refractivity contribution in [3.05, 3.63) is 65.7 Å². The second-order valence-electron chi connectivity index (χ2n) is 5.84. The third kappa shape index (κ3) is 7.08. The summed E-state index contributed by atoms with van der Waals surface area (Å²) in [6, 6.07) is 16.3. The van der Waals surface area contributed by atoms with Crippen molar-refractivity contribution >= 4 is 5.57 Å². The van der Waals surface area contributed by atoms with E-state index in [2.05, 4.69) is 30.3 Å².